The van der Waals surface area contributed by atoms with Crippen molar-refractivity contribution in [3.8, 4) is 11.5 Å². The van der Waals surface area contributed by atoms with Crippen LogP contribution in [-0.2, 0) is 0 Å². The van der Waals surface area contributed by atoms with E-state index in [4.69, 9.17) is 0 Å². The molecule has 0 spiro atoms. The molecular formula is C15H20N2O3. The van der Waals surface area contributed by atoms with Gasteiger partial charge in [0.1, 0.15) is 0 Å². The summed E-state index contributed by atoms with van der Waals surface area (Å²) in [5.41, 5.74) is 0.435. The van der Waals surface area contributed by atoms with E-state index in [1.54, 1.807) is 6.07 Å². The van der Waals surface area contributed by atoms with Crippen LogP contribution >= 0.6 is 0 Å². The van der Waals surface area contributed by atoms with E-state index >= 15 is 0 Å². The molecule has 2 atom stereocenters. The molecule has 2 fully saturated rings. The van der Waals surface area contributed by atoms with E-state index in [1.165, 1.54) is 18.6 Å². The van der Waals surface area contributed by atoms with Crippen LogP contribution in [0.25, 0.3) is 0 Å². The lowest BCUT2D eigenvalue weighted by Crippen LogP contribution is -2.46. The van der Waals surface area contributed by atoms with Gasteiger partial charge in [0.15, 0.2) is 11.5 Å². The fraction of sp³-hybridized carbons (Fsp3) is 0.533. The number of hydrogen-bond donors (Lipinski definition) is 3. The Labute approximate surface area is 118 Å². The molecule has 108 valence electrons. The molecule has 2 heterocycles. The molecule has 2 aliphatic rings. The van der Waals surface area contributed by atoms with Gasteiger partial charge in [-0.2, -0.15) is 0 Å². The summed E-state index contributed by atoms with van der Waals surface area (Å²) in [6, 6.07) is 4.92. The predicted octanol–water partition coefficient (Wildman–Crippen LogP) is 1.45. The van der Waals surface area contributed by atoms with E-state index < -0.39 is 0 Å². The minimum Gasteiger partial charge on any atom is -0.504 e. The van der Waals surface area contributed by atoms with Crippen molar-refractivity contribution in [2.24, 2.45) is 0 Å². The molecular weight excluding hydrogens is 256 g/mol. The summed E-state index contributed by atoms with van der Waals surface area (Å²) in [5, 5.41) is 22.3. The molecule has 1 amide bonds. The van der Waals surface area contributed by atoms with E-state index in [-0.39, 0.29) is 23.4 Å². The lowest BCUT2D eigenvalue weighted by atomic mass is 10.0. The zero-order chi connectivity index (χ0) is 14.1. The van der Waals surface area contributed by atoms with Crippen molar-refractivity contribution in [1.29, 1.82) is 0 Å². The number of carbonyl (C=O) groups is 1. The first kappa shape index (κ1) is 13.2. The van der Waals surface area contributed by atoms with Crippen molar-refractivity contribution < 1.29 is 15.0 Å². The third-order valence-electron chi connectivity index (χ3n) is 4.35. The fourth-order valence-electron chi connectivity index (χ4n) is 3.33. The number of phenols is 2. The van der Waals surface area contributed by atoms with Gasteiger partial charge in [0.05, 0.1) is 0 Å². The van der Waals surface area contributed by atoms with Gasteiger partial charge in [-0.1, -0.05) is 0 Å². The number of rotatable bonds is 2. The topological polar surface area (TPSA) is 72.8 Å². The standard InChI is InChI=1S/C15H20N2O3/c18-13-6-5-10(9-14(13)19)15(20)17-8-2-4-12(17)11-3-1-7-16-11/h5-6,9,11-12,16,18-19H,1-4,7-8H2. The SMILES string of the molecule is O=C(c1ccc(O)c(O)c1)N1CCCC1C1CCCN1. The molecule has 1 aromatic rings. The van der Waals surface area contributed by atoms with Gasteiger partial charge < -0.3 is 20.4 Å². The van der Waals surface area contributed by atoms with Crippen molar-refractivity contribution in [3.63, 3.8) is 0 Å². The highest BCUT2D eigenvalue weighted by atomic mass is 16.3. The number of hydrogen-bond acceptors (Lipinski definition) is 4. The second kappa shape index (κ2) is 5.32. The lowest BCUT2D eigenvalue weighted by molar-refractivity contribution is 0.0711. The zero-order valence-corrected chi connectivity index (χ0v) is 11.4. The average molecular weight is 276 g/mol. The van der Waals surface area contributed by atoms with E-state index in [2.05, 4.69) is 5.32 Å². The quantitative estimate of drug-likeness (QED) is 0.715. The van der Waals surface area contributed by atoms with Crippen LogP contribution in [0.4, 0.5) is 0 Å². The second-order valence-corrected chi connectivity index (χ2v) is 5.61. The summed E-state index contributed by atoms with van der Waals surface area (Å²) in [6.45, 7) is 1.80. The maximum atomic E-state index is 12.6. The van der Waals surface area contributed by atoms with Gasteiger partial charge in [-0.3, -0.25) is 4.79 Å². The van der Waals surface area contributed by atoms with Gasteiger partial charge >= 0.3 is 0 Å². The number of likely N-dealkylation sites (tertiary alicyclic amines) is 1. The van der Waals surface area contributed by atoms with Gasteiger partial charge in [0, 0.05) is 24.2 Å². The molecule has 3 N–H and O–H groups in total. The number of aromatic hydroxyl groups is 2. The third kappa shape index (κ3) is 2.33. The Morgan fingerprint density at radius 3 is 2.75 bits per heavy atom. The molecule has 0 radical (unpaired) electrons. The van der Waals surface area contributed by atoms with Crippen LogP contribution < -0.4 is 5.32 Å². The van der Waals surface area contributed by atoms with E-state index in [9.17, 15) is 15.0 Å². The first-order valence-corrected chi connectivity index (χ1v) is 7.23. The first-order valence-electron chi connectivity index (χ1n) is 7.23. The second-order valence-electron chi connectivity index (χ2n) is 5.61. The zero-order valence-electron chi connectivity index (χ0n) is 11.4. The summed E-state index contributed by atoms with van der Waals surface area (Å²) >= 11 is 0. The molecule has 1 aromatic carbocycles. The van der Waals surface area contributed by atoms with Gasteiger partial charge in [0.25, 0.3) is 5.91 Å². The minimum atomic E-state index is -0.245. The number of nitrogens with zero attached hydrogens (tertiary/aromatic N) is 1. The largest absolute Gasteiger partial charge is 0.504 e. The number of benzene rings is 1. The molecule has 5 nitrogen and oxygen atoms in total. The third-order valence-corrected chi connectivity index (χ3v) is 4.35. The Balaban J connectivity index is 1.79. The van der Waals surface area contributed by atoms with Crippen molar-refractivity contribution in [3.05, 3.63) is 23.8 Å². The molecule has 0 aromatic heterocycles. The Morgan fingerprint density at radius 1 is 1.20 bits per heavy atom. The molecule has 20 heavy (non-hydrogen) atoms. The van der Waals surface area contributed by atoms with E-state index in [1.807, 2.05) is 4.90 Å². The van der Waals surface area contributed by atoms with Gasteiger partial charge in [-0.15, -0.1) is 0 Å². The smallest absolute Gasteiger partial charge is 0.254 e. The lowest BCUT2D eigenvalue weighted by Gasteiger charge is -2.29. The Bertz CT molecular complexity index is 512. The van der Waals surface area contributed by atoms with Crippen LogP contribution in [0.5, 0.6) is 11.5 Å². The molecule has 3 rings (SSSR count). The van der Waals surface area contributed by atoms with Crippen LogP contribution in [0.3, 0.4) is 0 Å². The number of amides is 1. The van der Waals surface area contributed by atoms with Crippen LogP contribution in [-0.4, -0.2) is 46.2 Å². The van der Waals surface area contributed by atoms with Crippen molar-refractivity contribution in [2.75, 3.05) is 13.1 Å². The minimum absolute atomic E-state index is 0.0588. The number of phenolic OH excluding ortho intramolecular Hbond substituents is 2. The molecule has 2 aliphatic heterocycles. The van der Waals surface area contributed by atoms with Crippen molar-refractivity contribution >= 4 is 5.91 Å². The highest BCUT2D eigenvalue weighted by molar-refractivity contribution is 5.95. The average Bonchev–Trinajstić information content (AvgIpc) is 3.10. The fourth-order valence-corrected chi connectivity index (χ4v) is 3.33. The van der Waals surface area contributed by atoms with Gasteiger partial charge in [-0.05, 0) is 50.4 Å². The normalized spacial score (nSPS) is 26.1. The van der Waals surface area contributed by atoms with Gasteiger partial charge in [0.2, 0.25) is 0 Å². The van der Waals surface area contributed by atoms with E-state index in [0.29, 0.717) is 11.6 Å². The van der Waals surface area contributed by atoms with Crippen LogP contribution in [0, 0.1) is 0 Å². The summed E-state index contributed by atoms with van der Waals surface area (Å²) in [6.07, 6.45) is 4.35. The Morgan fingerprint density at radius 2 is 2.05 bits per heavy atom. The van der Waals surface area contributed by atoms with Crippen molar-refractivity contribution in [1.82, 2.24) is 10.2 Å². The number of nitrogens with one attached hydrogen (secondary N) is 1. The Hall–Kier alpha value is -1.75. The van der Waals surface area contributed by atoms with Crippen LogP contribution in [0.1, 0.15) is 36.0 Å². The number of carbonyl (C=O) groups excluding carboxylic acids is 1. The van der Waals surface area contributed by atoms with Crippen LogP contribution in [0.15, 0.2) is 18.2 Å². The molecule has 2 unspecified atom stereocenters. The molecule has 0 bridgehead atoms. The maximum absolute atomic E-state index is 12.6. The maximum Gasteiger partial charge on any atom is 0.254 e. The summed E-state index contributed by atoms with van der Waals surface area (Å²) in [7, 11) is 0. The molecule has 5 heteroatoms. The molecule has 2 saturated heterocycles. The summed E-state index contributed by atoms with van der Waals surface area (Å²) in [5.74, 6) is -0.501. The van der Waals surface area contributed by atoms with E-state index in [0.717, 1.165) is 32.4 Å². The molecule has 0 aliphatic carbocycles. The summed E-state index contributed by atoms with van der Waals surface area (Å²) in [4.78, 5) is 14.5. The monoisotopic (exact) mass is 276 g/mol. The van der Waals surface area contributed by atoms with Crippen molar-refractivity contribution in [2.45, 2.75) is 37.8 Å². The Kier molecular flexibility index (Phi) is 3.53. The highest BCUT2D eigenvalue weighted by Crippen LogP contribution is 2.29. The highest BCUT2D eigenvalue weighted by Gasteiger charge is 2.36. The predicted molar refractivity (Wildman–Crippen MR) is 74.9 cm³/mol. The first-order chi connectivity index (χ1) is 9.66. The van der Waals surface area contributed by atoms with Crippen LogP contribution in [0.2, 0.25) is 0 Å². The van der Waals surface area contributed by atoms with Gasteiger partial charge in [-0.25, -0.2) is 0 Å². The molecule has 0 saturated carbocycles. The summed E-state index contributed by atoms with van der Waals surface area (Å²) < 4.78 is 0.